The SMILES string of the molecule is O=C(O)CCCC(=O)N(CC(=O)NC1CCCCC1)CC1CCCO1. The summed E-state index contributed by atoms with van der Waals surface area (Å²) in [6, 6.07) is 0.216. The van der Waals surface area contributed by atoms with Crippen LogP contribution in [-0.4, -0.2) is 59.6 Å². The summed E-state index contributed by atoms with van der Waals surface area (Å²) in [4.78, 5) is 36.9. The Morgan fingerprint density at radius 2 is 1.80 bits per heavy atom. The molecule has 0 spiro atoms. The fourth-order valence-corrected chi connectivity index (χ4v) is 3.53. The van der Waals surface area contributed by atoms with Crippen molar-refractivity contribution in [2.45, 2.75) is 76.4 Å². The summed E-state index contributed by atoms with van der Waals surface area (Å²) >= 11 is 0. The molecule has 0 aromatic heterocycles. The highest BCUT2D eigenvalue weighted by molar-refractivity contribution is 5.85. The molecule has 2 rings (SSSR count). The van der Waals surface area contributed by atoms with Gasteiger partial charge in [0.05, 0.1) is 12.6 Å². The summed E-state index contributed by atoms with van der Waals surface area (Å²) in [5.74, 6) is -1.21. The number of nitrogens with one attached hydrogen (secondary N) is 1. The molecule has 25 heavy (non-hydrogen) atoms. The summed E-state index contributed by atoms with van der Waals surface area (Å²) in [6.07, 6.45) is 7.75. The Balaban J connectivity index is 1.84. The molecule has 142 valence electrons. The van der Waals surface area contributed by atoms with E-state index >= 15 is 0 Å². The van der Waals surface area contributed by atoms with Gasteiger partial charge in [-0.2, -0.15) is 0 Å². The van der Waals surface area contributed by atoms with Crippen molar-refractivity contribution in [3.05, 3.63) is 0 Å². The molecule has 0 aromatic rings. The van der Waals surface area contributed by atoms with Gasteiger partial charge in [-0.3, -0.25) is 14.4 Å². The van der Waals surface area contributed by atoms with Crippen LogP contribution in [0.15, 0.2) is 0 Å². The van der Waals surface area contributed by atoms with E-state index in [4.69, 9.17) is 9.84 Å². The maximum absolute atomic E-state index is 12.4. The van der Waals surface area contributed by atoms with Crippen molar-refractivity contribution >= 4 is 17.8 Å². The maximum atomic E-state index is 12.4. The summed E-state index contributed by atoms with van der Waals surface area (Å²) < 4.78 is 5.59. The lowest BCUT2D eigenvalue weighted by Gasteiger charge is -2.27. The van der Waals surface area contributed by atoms with E-state index in [1.165, 1.54) is 11.3 Å². The van der Waals surface area contributed by atoms with E-state index in [1.54, 1.807) is 0 Å². The second kappa shape index (κ2) is 10.4. The summed E-state index contributed by atoms with van der Waals surface area (Å²) in [5, 5.41) is 11.7. The third-order valence-corrected chi connectivity index (χ3v) is 4.89. The second-order valence-electron chi connectivity index (χ2n) is 7.06. The number of ether oxygens (including phenoxy) is 1. The molecular formula is C18H30N2O5. The Kier molecular flexibility index (Phi) is 8.18. The Morgan fingerprint density at radius 3 is 2.44 bits per heavy atom. The summed E-state index contributed by atoms with van der Waals surface area (Å²) in [7, 11) is 0. The van der Waals surface area contributed by atoms with Gasteiger partial charge in [0.1, 0.15) is 0 Å². The van der Waals surface area contributed by atoms with E-state index in [-0.39, 0.29) is 43.3 Å². The minimum atomic E-state index is -0.909. The van der Waals surface area contributed by atoms with Crippen molar-refractivity contribution in [3.8, 4) is 0 Å². The first kappa shape index (κ1) is 19.7. The van der Waals surface area contributed by atoms with Crippen LogP contribution in [0, 0.1) is 0 Å². The highest BCUT2D eigenvalue weighted by atomic mass is 16.5. The maximum Gasteiger partial charge on any atom is 0.303 e. The Bertz CT molecular complexity index is 456. The lowest BCUT2D eigenvalue weighted by atomic mass is 9.95. The predicted octanol–water partition coefficient (Wildman–Crippen LogP) is 1.70. The molecule has 1 saturated carbocycles. The van der Waals surface area contributed by atoms with E-state index in [0.717, 1.165) is 38.5 Å². The predicted molar refractivity (Wildman–Crippen MR) is 92.1 cm³/mol. The Morgan fingerprint density at radius 1 is 1.04 bits per heavy atom. The van der Waals surface area contributed by atoms with Crippen LogP contribution in [0.1, 0.15) is 64.2 Å². The number of hydrogen-bond donors (Lipinski definition) is 2. The van der Waals surface area contributed by atoms with Gasteiger partial charge >= 0.3 is 5.97 Å². The molecule has 2 amide bonds. The molecule has 1 atom stereocenters. The molecule has 0 bridgehead atoms. The zero-order valence-electron chi connectivity index (χ0n) is 14.9. The first-order valence-corrected chi connectivity index (χ1v) is 9.45. The normalized spacial score (nSPS) is 21.0. The van der Waals surface area contributed by atoms with Gasteiger partial charge in [0, 0.05) is 32.0 Å². The van der Waals surface area contributed by atoms with Gasteiger partial charge in [-0.15, -0.1) is 0 Å². The molecule has 2 fully saturated rings. The van der Waals surface area contributed by atoms with Crippen LogP contribution in [0.4, 0.5) is 0 Å². The second-order valence-corrected chi connectivity index (χ2v) is 7.06. The van der Waals surface area contributed by atoms with E-state index in [1.807, 2.05) is 0 Å². The quantitative estimate of drug-likeness (QED) is 0.657. The lowest BCUT2D eigenvalue weighted by molar-refractivity contribution is -0.139. The van der Waals surface area contributed by atoms with E-state index in [9.17, 15) is 14.4 Å². The highest BCUT2D eigenvalue weighted by Crippen LogP contribution is 2.18. The first-order valence-electron chi connectivity index (χ1n) is 9.45. The summed E-state index contributed by atoms with van der Waals surface area (Å²) in [6.45, 7) is 1.13. The molecule has 7 heteroatoms. The third-order valence-electron chi connectivity index (χ3n) is 4.89. The zero-order chi connectivity index (χ0) is 18.1. The van der Waals surface area contributed by atoms with Crippen LogP contribution >= 0.6 is 0 Å². The van der Waals surface area contributed by atoms with Crippen molar-refractivity contribution in [2.75, 3.05) is 19.7 Å². The Labute approximate surface area is 149 Å². The minimum absolute atomic E-state index is 0.0223. The van der Waals surface area contributed by atoms with Crippen molar-refractivity contribution in [1.82, 2.24) is 10.2 Å². The van der Waals surface area contributed by atoms with Gasteiger partial charge in [0.2, 0.25) is 11.8 Å². The molecular weight excluding hydrogens is 324 g/mol. The molecule has 0 radical (unpaired) electrons. The minimum Gasteiger partial charge on any atom is -0.481 e. The van der Waals surface area contributed by atoms with Crippen LogP contribution < -0.4 is 5.32 Å². The van der Waals surface area contributed by atoms with Gasteiger partial charge < -0.3 is 20.1 Å². The standard InChI is InChI=1S/C18H30N2O5/c21-16(19-14-6-2-1-3-7-14)13-20(12-15-8-5-11-25-15)17(22)9-4-10-18(23)24/h14-15H,1-13H2,(H,19,21)(H,23,24). The molecule has 2 N–H and O–H groups in total. The molecule has 2 aliphatic rings. The zero-order valence-corrected chi connectivity index (χ0v) is 14.9. The lowest BCUT2D eigenvalue weighted by Crippen LogP contribution is -2.46. The third kappa shape index (κ3) is 7.42. The monoisotopic (exact) mass is 354 g/mol. The van der Waals surface area contributed by atoms with Gasteiger partial charge in [-0.05, 0) is 32.1 Å². The highest BCUT2D eigenvalue weighted by Gasteiger charge is 2.25. The smallest absolute Gasteiger partial charge is 0.303 e. The Hall–Kier alpha value is -1.63. The van der Waals surface area contributed by atoms with Crippen LogP contribution in [0.3, 0.4) is 0 Å². The van der Waals surface area contributed by atoms with Crippen molar-refractivity contribution in [2.24, 2.45) is 0 Å². The fraction of sp³-hybridized carbons (Fsp3) is 0.833. The number of carboxylic acids is 1. The van der Waals surface area contributed by atoms with Gasteiger partial charge in [0.15, 0.2) is 0 Å². The number of carboxylic acid groups (broad SMARTS) is 1. The molecule has 1 aliphatic heterocycles. The van der Waals surface area contributed by atoms with Crippen LogP contribution in [0.2, 0.25) is 0 Å². The molecule has 1 aliphatic carbocycles. The van der Waals surface area contributed by atoms with E-state index < -0.39 is 5.97 Å². The number of hydrogen-bond acceptors (Lipinski definition) is 4. The summed E-state index contributed by atoms with van der Waals surface area (Å²) in [5.41, 5.74) is 0. The number of aliphatic carboxylic acids is 1. The number of amides is 2. The topological polar surface area (TPSA) is 95.9 Å². The van der Waals surface area contributed by atoms with Crippen LogP contribution in [0.25, 0.3) is 0 Å². The molecule has 7 nitrogen and oxygen atoms in total. The average Bonchev–Trinajstić information content (AvgIpc) is 3.07. The van der Waals surface area contributed by atoms with Gasteiger partial charge in [-0.25, -0.2) is 0 Å². The first-order chi connectivity index (χ1) is 12.0. The van der Waals surface area contributed by atoms with Gasteiger partial charge in [0.25, 0.3) is 0 Å². The van der Waals surface area contributed by atoms with E-state index in [0.29, 0.717) is 19.6 Å². The van der Waals surface area contributed by atoms with Gasteiger partial charge in [-0.1, -0.05) is 19.3 Å². The molecule has 1 unspecified atom stereocenters. The number of nitrogens with zero attached hydrogens (tertiary/aromatic N) is 1. The molecule has 0 aromatic carbocycles. The van der Waals surface area contributed by atoms with E-state index in [2.05, 4.69) is 5.32 Å². The fourth-order valence-electron chi connectivity index (χ4n) is 3.53. The largest absolute Gasteiger partial charge is 0.481 e. The number of carbonyl (C=O) groups is 3. The number of rotatable bonds is 9. The van der Waals surface area contributed by atoms with Crippen LogP contribution in [-0.2, 0) is 19.1 Å². The van der Waals surface area contributed by atoms with Crippen molar-refractivity contribution in [3.63, 3.8) is 0 Å². The van der Waals surface area contributed by atoms with Crippen molar-refractivity contribution in [1.29, 1.82) is 0 Å². The molecule has 1 saturated heterocycles. The van der Waals surface area contributed by atoms with Crippen molar-refractivity contribution < 1.29 is 24.2 Å². The number of carbonyl (C=O) groups excluding carboxylic acids is 2. The van der Waals surface area contributed by atoms with Crippen LogP contribution in [0.5, 0.6) is 0 Å². The average molecular weight is 354 g/mol. The molecule has 1 heterocycles.